The molecular formula is C22H23ClO8. The zero-order valence-electron chi connectivity index (χ0n) is 16.7. The van der Waals surface area contributed by atoms with E-state index in [0.29, 0.717) is 22.3 Å². The minimum atomic E-state index is -0.902. The Labute approximate surface area is 184 Å². The van der Waals surface area contributed by atoms with Gasteiger partial charge in [-0.05, 0) is 0 Å². The molecule has 2 atom stereocenters. The molecule has 0 aromatic heterocycles. The van der Waals surface area contributed by atoms with Crippen molar-refractivity contribution in [2.75, 3.05) is 26.4 Å². The van der Waals surface area contributed by atoms with Gasteiger partial charge in [-0.25, -0.2) is 9.59 Å². The molecule has 0 aliphatic rings. The molecule has 2 aromatic carbocycles. The normalized spacial score (nSPS) is 12.5. The maximum atomic E-state index is 11.4. The van der Waals surface area contributed by atoms with Crippen LogP contribution in [0.15, 0.2) is 55.6 Å². The lowest BCUT2D eigenvalue weighted by molar-refractivity contribution is -0.147. The zero-order valence-corrected chi connectivity index (χ0v) is 17.4. The van der Waals surface area contributed by atoms with Crippen molar-refractivity contribution < 1.29 is 38.7 Å². The Kier molecular flexibility index (Phi) is 9.33. The van der Waals surface area contributed by atoms with Crippen LogP contribution in [0.5, 0.6) is 11.5 Å². The highest BCUT2D eigenvalue weighted by molar-refractivity contribution is 6.33. The summed E-state index contributed by atoms with van der Waals surface area (Å²) in [5, 5.41) is 20.3. The third kappa shape index (κ3) is 6.71. The van der Waals surface area contributed by atoms with Gasteiger partial charge in [0.25, 0.3) is 0 Å². The summed E-state index contributed by atoms with van der Waals surface area (Å²) in [6.07, 6.45) is 0.195. The average Bonchev–Trinajstić information content (AvgIpc) is 2.79. The summed E-state index contributed by atoms with van der Waals surface area (Å²) >= 11 is 6.38. The molecule has 0 aliphatic heterocycles. The van der Waals surface area contributed by atoms with Gasteiger partial charge in [-0.2, -0.15) is 0 Å². The Balaban J connectivity index is 2.23. The van der Waals surface area contributed by atoms with E-state index >= 15 is 0 Å². The Morgan fingerprint density at radius 3 is 1.97 bits per heavy atom. The van der Waals surface area contributed by atoms with Crippen molar-refractivity contribution in [3.63, 3.8) is 0 Å². The second-order valence-electron chi connectivity index (χ2n) is 6.24. The van der Waals surface area contributed by atoms with E-state index in [-0.39, 0.29) is 18.2 Å². The highest BCUT2D eigenvalue weighted by Gasteiger charge is 2.19. The second-order valence-corrected chi connectivity index (χ2v) is 6.65. The molecule has 2 rings (SSSR count). The molecule has 0 heterocycles. The van der Waals surface area contributed by atoms with Crippen LogP contribution < -0.4 is 9.47 Å². The molecule has 0 aliphatic carbocycles. The molecule has 166 valence electrons. The topological polar surface area (TPSA) is 112 Å². The Bertz CT molecular complexity index is 942. The van der Waals surface area contributed by atoms with E-state index in [1.54, 1.807) is 24.3 Å². The molecule has 8 nitrogen and oxygen atoms in total. The maximum Gasteiger partial charge on any atom is 0.330 e. The SMILES string of the molecule is C=CC(=O)OC(CO)COc1cc(Cl)c(OCC(CO)OC(=O)C=C)c2ccccc12. The van der Waals surface area contributed by atoms with Crippen molar-refractivity contribution >= 4 is 34.3 Å². The molecule has 0 saturated carbocycles. The molecule has 0 saturated heterocycles. The first-order chi connectivity index (χ1) is 14.9. The van der Waals surface area contributed by atoms with Gasteiger partial charge in [0, 0.05) is 29.0 Å². The van der Waals surface area contributed by atoms with Crippen LogP contribution in [0.1, 0.15) is 0 Å². The standard InChI is InChI=1S/C22H23ClO8/c1-3-20(26)30-14(10-24)12-28-19-9-18(23)22(17-8-6-5-7-16(17)19)29-13-15(11-25)31-21(27)4-2/h3-9,14-15,24-25H,1-2,10-13H2. The highest BCUT2D eigenvalue weighted by atomic mass is 35.5. The van der Waals surface area contributed by atoms with Crippen LogP contribution in [0.2, 0.25) is 5.02 Å². The number of esters is 2. The number of hydrogen-bond donors (Lipinski definition) is 2. The smallest absolute Gasteiger partial charge is 0.330 e. The number of aliphatic hydroxyl groups is 2. The van der Waals surface area contributed by atoms with E-state index in [2.05, 4.69) is 13.2 Å². The fourth-order valence-electron chi connectivity index (χ4n) is 2.58. The molecule has 2 N–H and O–H groups in total. The maximum absolute atomic E-state index is 11.4. The lowest BCUT2D eigenvalue weighted by atomic mass is 10.1. The van der Waals surface area contributed by atoms with Crippen molar-refractivity contribution in [2.24, 2.45) is 0 Å². The Morgan fingerprint density at radius 2 is 1.45 bits per heavy atom. The van der Waals surface area contributed by atoms with Crippen molar-refractivity contribution in [3.05, 3.63) is 60.7 Å². The van der Waals surface area contributed by atoms with Gasteiger partial charge in [-0.15, -0.1) is 0 Å². The average molecular weight is 451 g/mol. The van der Waals surface area contributed by atoms with Gasteiger partial charge in [0.05, 0.1) is 18.2 Å². The monoisotopic (exact) mass is 450 g/mol. The number of carbonyl (C=O) groups is 2. The summed E-state index contributed by atoms with van der Waals surface area (Å²) in [7, 11) is 0. The number of halogens is 1. The minimum Gasteiger partial charge on any atom is -0.489 e. The van der Waals surface area contributed by atoms with Crippen LogP contribution in [0.3, 0.4) is 0 Å². The van der Waals surface area contributed by atoms with E-state index in [4.69, 9.17) is 30.5 Å². The number of fused-ring (bicyclic) bond motifs is 1. The first-order valence-electron chi connectivity index (χ1n) is 9.28. The summed E-state index contributed by atoms with van der Waals surface area (Å²) in [4.78, 5) is 22.7. The van der Waals surface area contributed by atoms with Crippen LogP contribution in [-0.2, 0) is 19.1 Å². The molecule has 0 fully saturated rings. The number of rotatable bonds is 12. The first-order valence-corrected chi connectivity index (χ1v) is 9.65. The first kappa shape index (κ1) is 24.2. The number of benzene rings is 2. The number of carbonyl (C=O) groups excluding carboxylic acids is 2. The van der Waals surface area contributed by atoms with Crippen LogP contribution in [0.4, 0.5) is 0 Å². The predicted molar refractivity (Wildman–Crippen MR) is 114 cm³/mol. The van der Waals surface area contributed by atoms with Crippen LogP contribution >= 0.6 is 11.6 Å². The van der Waals surface area contributed by atoms with E-state index < -0.39 is 37.4 Å². The fourth-order valence-corrected chi connectivity index (χ4v) is 2.84. The molecule has 0 spiro atoms. The van der Waals surface area contributed by atoms with Crippen molar-refractivity contribution in [1.82, 2.24) is 0 Å². The van der Waals surface area contributed by atoms with E-state index in [0.717, 1.165) is 12.2 Å². The van der Waals surface area contributed by atoms with E-state index in [1.165, 1.54) is 6.07 Å². The van der Waals surface area contributed by atoms with Crippen molar-refractivity contribution in [2.45, 2.75) is 12.2 Å². The fraction of sp³-hybridized carbons (Fsp3) is 0.273. The molecule has 0 radical (unpaired) electrons. The summed E-state index contributed by atoms with van der Waals surface area (Å²) in [5.74, 6) is -0.657. The number of aliphatic hydroxyl groups excluding tert-OH is 2. The molecule has 2 aromatic rings. The Hall–Kier alpha value is -3.07. The summed E-state index contributed by atoms with van der Waals surface area (Å²) in [5.41, 5.74) is 0. The van der Waals surface area contributed by atoms with Crippen LogP contribution in [0, 0.1) is 0 Å². The summed E-state index contributed by atoms with van der Waals surface area (Å²) in [6.45, 7) is 5.50. The van der Waals surface area contributed by atoms with Crippen LogP contribution in [-0.4, -0.2) is 60.8 Å². The van der Waals surface area contributed by atoms with Crippen molar-refractivity contribution in [3.8, 4) is 11.5 Å². The van der Waals surface area contributed by atoms with Gasteiger partial charge in [0.2, 0.25) is 0 Å². The molecular weight excluding hydrogens is 428 g/mol. The molecule has 0 bridgehead atoms. The van der Waals surface area contributed by atoms with Gasteiger partial charge in [0.15, 0.2) is 12.2 Å². The lowest BCUT2D eigenvalue weighted by Crippen LogP contribution is -2.28. The van der Waals surface area contributed by atoms with Gasteiger partial charge in [0.1, 0.15) is 24.7 Å². The highest BCUT2D eigenvalue weighted by Crippen LogP contribution is 2.39. The van der Waals surface area contributed by atoms with Gasteiger partial charge in [-0.1, -0.05) is 49.0 Å². The predicted octanol–water partition coefficient (Wildman–Crippen LogP) is 2.43. The van der Waals surface area contributed by atoms with E-state index in [9.17, 15) is 19.8 Å². The molecule has 2 unspecified atom stereocenters. The third-order valence-corrected chi connectivity index (χ3v) is 4.34. The Morgan fingerprint density at radius 1 is 0.935 bits per heavy atom. The number of hydrogen-bond acceptors (Lipinski definition) is 8. The number of ether oxygens (including phenoxy) is 4. The molecule has 0 amide bonds. The largest absolute Gasteiger partial charge is 0.489 e. The van der Waals surface area contributed by atoms with Gasteiger partial charge < -0.3 is 29.2 Å². The lowest BCUT2D eigenvalue weighted by Gasteiger charge is -2.20. The summed E-state index contributed by atoms with van der Waals surface area (Å²) < 4.78 is 21.5. The summed E-state index contributed by atoms with van der Waals surface area (Å²) in [6, 6.07) is 8.62. The minimum absolute atomic E-state index is 0.110. The van der Waals surface area contributed by atoms with Gasteiger partial charge >= 0.3 is 11.9 Å². The molecule has 9 heteroatoms. The van der Waals surface area contributed by atoms with E-state index in [1.807, 2.05) is 0 Å². The van der Waals surface area contributed by atoms with Gasteiger partial charge in [-0.3, -0.25) is 0 Å². The third-order valence-electron chi connectivity index (χ3n) is 4.06. The quantitative estimate of drug-likeness (QED) is 0.374. The van der Waals surface area contributed by atoms with Crippen LogP contribution in [0.25, 0.3) is 10.8 Å². The van der Waals surface area contributed by atoms with Crippen molar-refractivity contribution in [1.29, 1.82) is 0 Å². The zero-order chi connectivity index (χ0) is 22.8. The molecule has 31 heavy (non-hydrogen) atoms. The second kappa shape index (κ2) is 11.9.